The Morgan fingerprint density at radius 2 is 2.12 bits per heavy atom. The van der Waals surface area contributed by atoms with Gasteiger partial charge in [-0.05, 0) is 32.7 Å². The smallest absolute Gasteiger partial charge is 0.314 e. The summed E-state index contributed by atoms with van der Waals surface area (Å²) in [6, 6.07) is -0.232. The molecule has 0 saturated heterocycles. The van der Waals surface area contributed by atoms with Crippen LogP contribution in [-0.4, -0.2) is 22.0 Å². The lowest BCUT2D eigenvalue weighted by atomic mass is 10.2. The molecular formula is C10H15F3N4. The first kappa shape index (κ1) is 12.3. The van der Waals surface area contributed by atoms with Crippen LogP contribution in [0.15, 0.2) is 0 Å². The van der Waals surface area contributed by atoms with Crippen molar-refractivity contribution in [2.45, 2.75) is 38.5 Å². The molecule has 1 heterocycles. The van der Waals surface area contributed by atoms with E-state index in [0.29, 0.717) is 5.92 Å². The minimum atomic E-state index is -4.40. The van der Waals surface area contributed by atoms with E-state index in [1.54, 1.807) is 14.0 Å². The van der Waals surface area contributed by atoms with Crippen LogP contribution in [0.3, 0.4) is 0 Å². The lowest BCUT2D eigenvalue weighted by Crippen LogP contribution is -2.21. The van der Waals surface area contributed by atoms with E-state index in [-0.39, 0.29) is 18.3 Å². The first-order chi connectivity index (χ1) is 7.95. The van der Waals surface area contributed by atoms with Gasteiger partial charge in [0.2, 0.25) is 0 Å². The molecule has 0 aliphatic heterocycles. The van der Waals surface area contributed by atoms with Crippen LogP contribution in [0.1, 0.15) is 37.2 Å². The van der Waals surface area contributed by atoms with Crippen molar-refractivity contribution in [2.24, 2.45) is 5.92 Å². The third-order valence-corrected chi connectivity index (χ3v) is 3.07. The first-order valence-electron chi connectivity index (χ1n) is 5.61. The minimum absolute atomic E-state index is 0.0347. The Morgan fingerprint density at radius 1 is 1.47 bits per heavy atom. The molecule has 1 aromatic heterocycles. The summed E-state index contributed by atoms with van der Waals surface area (Å²) in [5.74, 6) is 0.306. The van der Waals surface area contributed by atoms with Crippen LogP contribution in [0.25, 0.3) is 0 Å². The molecule has 17 heavy (non-hydrogen) atoms. The van der Waals surface area contributed by atoms with Crippen molar-refractivity contribution in [3.63, 3.8) is 0 Å². The second-order valence-electron chi connectivity index (χ2n) is 4.44. The van der Waals surface area contributed by atoms with Gasteiger partial charge in [-0.25, -0.2) is 4.68 Å². The summed E-state index contributed by atoms with van der Waals surface area (Å²) in [6.45, 7) is 1.84. The molecular weight excluding hydrogens is 233 g/mol. The van der Waals surface area contributed by atoms with Crippen LogP contribution in [0.4, 0.5) is 13.2 Å². The number of hydrogen-bond acceptors (Lipinski definition) is 3. The summed E-state index contributed by atoms with van der Waals surface area (Å²) in [6.07, 6.45) is -2.46. The predicted molar refractivity (Wildman–Crippen MR) is 55.2 cm³/mol. The van der Waals surface area contributed by atoms with Gasteiger partial charge in [-0.3, -0.25) is 0 Å². The molecule has 0 radical (unpaired) electrons. The van der Waals surface area contributed by atoms with Crippen molar-refractivity contribution in [2.75, 3.05) is 7.05 Å². The largest absolute Gasteiger partial charge is 0.434 e. The van der Waals surface area contributed by atoms with Gasteiger partial charge in [0.1, 0.15) is 5.69 Å². The highest BCUT2D eigenvalue weighted by atomic mass is 19.4. The zero-order valence-electron chi connectivity index (χ0n) is 9.75. The average Bonchev–Trinajstić information content (AvgIpc) is 2.97. The van der Waals surface area contributed by atoms with Crippen LogP contribution in [0, 0.1) is 5.92 Å². The summed E-state index contributed by atoms with van der Waals surface area (Å²) in [5.41, 5.74) is -0.751. The molecule has 2 rings (SSSR count). The fourth-order valence-electron chi connectivity index (χ4n) is 1.97. The SMILES string of the molecule is CNCc1nnn(C(C)C2CC2)c1C(F)(F)F. The topological polar surface area (TPSA) is 42.7 Å². The summed E-state index contributed by atoms with van der Waals surface area (Å²) < 4.78 is 40.0. The number of nitrogens with one attached hydrogen (secondary N) is 1. The highest BCUT2D eigenvalue weighted by Gasteiger charge is 2.42. The van der Waals surface area contributed by atoms with Crippen LogP contribution >= 0.6 is 0 Å². The van der Waals surface area contributed by atoms with Gasteiger partial charge < -0.3 is 5.32 Å². The first-order valence-corrected chi connectivity index (χ1v) is 5.61. The third-order valence-electron chi connectivity index (χ3n) is 3.07. The monoisotopic (exact) mass is 248 g/mol. The van der Waals surface area contributed by atoms with Crippen LogP contribution < -0.4 is 5.32 Å². The Labute approximate surface area is 97.2 Å². The van der Waals surface area contributed by atoms with Gasteiger partial charge in [-0.1, -0.05) is 5.21 Å². The Bertz CT molecular complexity index is 395. The van der Waals surface area contributed by atoms with E-state index in [2.05, 4.69) is 15.6 Å². The molecule has 1 atom stereocenters. The van der Waals surface area contributed by atoms with Crippen LogP contribution in [-0.2, 0) is 12.7 Å². The van der Waals surface area contributed by atoms with E-state index in [1.807, 2.05) is 0 Å². The van der Waals surface area contributed by atoms with Crippen molar-refractivity contribution in [3.05, 3.63) is 11.4 Å². The Morgan fingerprint density at radius 3 is 2.59 bits per heavy atom. The van der Waals surface area contributed by atoms with E-state index in [4.69, 9.17) is 0 Å². The summed E-state index contributed by atoms with van der Waals surface area (Å²) >= 11 is 0. The maximum Gasteiger partial charge on any atom is 0.434 e. The standard InChI is InChI=1S/C10H15F3N4/c1-6(7-3-4-7)17-9(10(11,12)13)8(5-14-2)15-16-17/h6-7,14H,3-5H2,1-2H3. The van der Waals surface area contributed by atoms with E-state index < -0.39 is 11.9 Å². The third kappa shape index (κ3) is 2.43. The highest BCUT2D eigenvalue weighted by Crippen LogP contribution is 2.42. The normalized spacial score (nSPS) is 18.4. The fourth-order valence-corrected chi connectivity index (χ4v) is 1.97. The molecule has 0 amide bonds. The van der Waals surface area contributed by atoms with Gasteiger partial charge in [0.25, 0.3) is 0 Å². The zero-order valence-corrected chi connectivity index (χ0v) is 9.75. The van der Waals surface area contributed by atoms with E-state index in [9.17, 15) is 13.2 Å². The average molecular weight is 248 g/mol. The molecule has 0 spiro atoms. The van der Waals surface area contributed by atoms with Crippen LogP contribution in [0.5, 0.6) is 0 Å². The maximum atomic E-state index is 13.0. The molecule has 1 N–H and O–H groups in total. The lowest BCUT2D eigenvalue weighted by Gasteiger charge is -2.16. The Balaban J connectivity index is 2.37. The molecule has 1 aromatic rings. The van der Waals surface area contributed by atoms with Crippen molar-refractivity contribution in [1.82, 2.24) is 20.3 Å². The molecule has 1 unspecified atom stereocenters. The Hall–Kier alpha value is -1.11. The van der Waals surface area contributed by atoms with Crippen molar-refractivity contribution in [1.29, 1.82) is 0 Å². The number of nitrogens with zero attached hydrogens (tertiary/aromatic N) is 3. The van der Waals surface area contributed by atoms with Crippen molar-refractivity contribution < 1.29 is 13.2 Å². The minimum Gasteiger partial charge on any atom is -0.314 e. The quantitative estimate of drug-likeness (QED) is 0.886. The highest BCUT2D eigenvalue weighted by molar-refractivity contribution is 5.15. The molecule has 0 aromatic carbocycles. The summed E-state index contributed by atoms with van der Waals surface area (Å²) in [7, 11) is 1.59. The second kappa shape index (κ2) is 4.29. The number of aromatic nitrogens is 3. The summed E-state index contributed by atoms with van der Waals surface area (Å²) in [5, 5.41) is 9.98. The number of alkyl halides is 3. The van der Waals surface area contributed by atoms with Gasteiger partial charge in [0, 0.05) is 6.54 Å². The lowest BCUT2D eigenvalue weighted by molar-refractivity contribution is -0.145. The Kier molecular flexibility index (Phi) is 3.11. The van der Waals surface area contributed by atoms with E-state index in [0.717, 1.165) is 17.5 Å². The molecule has 1 aliphatic carbocycles. The molecule has 96 valence electrons. The number of rotatable bonds is 4. The molecule has 1 saturated carbocycles. The molecule has 0 bridgehead atoms. The van der Waals surface area contributed by atoms with Gasteiger partial charge >= 0.3 is 6.18 Å². The molecule has 1 aliphatic rings. The van der Waals surface area contributed by atoms with E-state index >= 15 is 0 Å². The molecule has 7 heteroatoms. The van der Waals surface area contributed by atoms with Gasteiger partial charge in [0.15, 0.2) is 5.69 Å². The van der Waals surface area contributed by atoms with E-state index in [1.165, 1.54) is 0 Å². The summed E-state index contributed by atoms with van der Waals surface area (Å²) in [4.78, 5) is 0. The van der Waals surface area contributed by atoms with Gasteiger partial charge in [-0.2, -0.15) is 13.2 Å². The zero-order chi connectivity index (χ0) is 12.6. The maximum absolute atomic E-state index is 13.0. The van der Waals surface area contributed by atoms with Gasteiger partial charge in [-0.15, -0.1) is 5.10 Å². The molecule has 4 nitrogen and oxygen atoms in total. The number of halogens is 3. The molecule has 1 fully saturated rings. The number of hydrogen-bond donors (Lipinski definition) is 1. The predicted octanol–water partition coefficient (Wildman–Crippen LogP) is 1.99. The van der Waals surface area contributed by atoms with Crippen molar-refractivity contribution in [3.8, 4) is 0 Å². The van der Waals surface area contributed by atoms with Gasteiger partial charge in [0.05, 0.1) is 6.04 Å². The van der Waals surface area contributed by atoms with Crippen LogP contribution in [0.2, 0.25) is 0 Å². The fraction of sp³-hybridized carbons (Fsp3) is 0.800. The second-order valence-corrected chi connectivity index (χ2v) is 4.44. The van der Waals surface area contributed by atoms with Crippen molar-refractivity contribution >= 4 is 0 Å².